The highest BCUT2D eigenvalue weighted by molar-refractivity contribution is 5.92. The Bertz CT molecular complexity index is 439. The first-order chi connectivity index (χ1) is 8.43. The summed E-state index contributed by atoms with van der Waals surface area (Å²) in [6.45, 7) is 8.15. The Balaban J connectivity index is 1.98. The molecule has 0 aromatic heterocycles. The Morgan fingerprint density at radius 1 is 1.39 bits per heavy atom. The first kappa shape index (κ1) is 11.9. The number of hydrogen-bond acceptors (Lipinski definition) is 3. The van der Waals surface area contributed by atoms with Crippen molar-refractivity contribution in [2.45, 2.75) is 45.6 Å². The predicted molar refractivity (Wildman–Crippen MR) is 66.7 cm³/mol. The first-order valence-electron chi connectivity index (χ1n) is 6.86. The molecule has 1 heterocycles. The Morgan fingerprint density at radius 2 is 2.11 bits per heavy atom. The van der Waals surface area contributed by atoms with Gasteiger partial charge in [0, 0.05) is 23.3 Å². The van der Waals surface area contributed by atoms with E-state index in [4.69, 9.17) is 4.74 Å². The summed E-state index contributed by atoms with van der Waals surface area (Å²) in [5.74, 6) is 1.05. The van der Waals surface area contributed by atoms with Crippen LogP contribution in [0.3, 0.4) is 0 Å². The number of esters is 1. The molecule has 98 valence electrons. The minimum atomic E-state index is -0.268. The molecule has 0 N–H and O–H groups in total. The SMILES string of the molecule is C=C1C(=O)O[C@@H]2C[C@H](C)[C@@H]3CCC(=O)[C@@]3(C)C[C@H]12. The van der Waals surface area contributed by atoms with Gasteiger partial charge in [-0.2, -0.15) is 0 Å². The molecule has 0 aromatic carbocycles. The summed E-state index contributed by atoms with van der Waals surface area (Å²) in [6, 6.07) is 0. The summed E-state index contributed by atoms with van der Waals surface area (Å²) in [5, 5.41) is 0. The average molecular weight is 248 g/mol. The van der Waals surface area contributed by atoms with E-state index in [0.29, 0.717) is 29.6 Å². The second kappa shape index (κ2) is 3.69. The number of rotatable bonds is 0. The normalized spacial score (nSPS) is 47.6. The molecule has 0 radical (unpaired) electrons. The maximum Gasteiger partial charge on any atom is 0.334 e. The second-order valence-electron chi connectivity index (χ2n) is 6.48. The lowest BCUT2D eigenvalue weighted by Crippen LogP contribution is -2.32. The van der Waals surface area contributed by atoms with Crippen molar-refractivity contribution in [1.82, 2.24) is 0 Å². The van der Waals surface area contributed by atoms with Gasteiger partial charge in [0.05, 0.1) is 0 Å². The maximum atomic E-state index is 12.2. The summed E-state index contributed by atoms with van der Waals surface area (Å²) in [6.07, 6.45) is 3.27. The van der Waals surface area contributed by atoms with E-state index in [1.54, 1.807) is 0 Å². The van der Waals surface area contributed by atoms with Gasteiger partial charge in [-0.15, -0.1) is 0 Å². The van der Waals surface area contributed by atoms with Gasteiger partial charge in [0.2, 0.25) is 0 Å². The van der Waals surface area contributed by atoms with Crippen molar-refractivity contribution in [2.75, 3.05) is 0 Å². The Kier molecular flexibility index (Phi) is 2.45. The summed E-state index contributed by atoms with van der Waals surface area (Å²) in [5.41, 5.74) is 0.309. The number of carbonyl (C=O) groups is 2. The first-order valence-corrected chi connectivity index (χ1v) is 6.86. The Morgan fingerprint density at radius 3 is 2.83 bits per heavy atom. The van der Waals surface area contributed by atoms with Gasteiger partial charge >= 0.3 is 5.97 Å². The molecule has 3 aliphatic rings. The second-order valence-corrected chi connectivity index (χ2v) is 6.48. The highest BCUT2D eigenvalue weighted by atomic mass is 16.6. The third-order valence-electron chi connectivity index (χ3n) is 5.49. The lowest BCUT2D eigenvalue weighted by Gasteiger charge is -2.32. The van der Waals surface area contributed by atoms with E-state index in [2.05, 4.69) is 20.4 Å². The molecule has 2 aliphatic carbocycles. The van der Waals surface area contributed by atoms with Gasteiger partial charge in [-0.25, -0.2) is 4.79 Å². The fourth-order valence-corrected chi connectivity index (χ4v) is 4.40. The minimum absolute atomic E-state index is 0.0461. The van der Waals surface area contributed by atoms with Crippen LogP contribution in [0.1, 0.15) is 39.5 Å². The molecule has 2 saturated carbocycles. The number of hydrogen-bond donors (Lipinski definition) is 0. The van der Waals surface area contributed by atoms with Crippen molar-refractivity contribution < 1.29 is 14.3 Å². The quantitative estimate of drug-likeness (QED) is 0.488. The van der Waals surface area contributed by atoms with E-state index in [1.807, 2.05) is 0 Å². The van der Waals surface area contributed by atoms with E-state index in [9.17, 15) is 9.59 Å². The minimum Gasteiger partial charge on any atom is -0.458 e. The summed E-state index contributed by atoms with van der Waals surface area (Å²) >= 11 is 0. The molecule has 5 atom stereocenters. The zero-order valence-electron chi connectivity index (χ0n) is 11.1. The zero-order valence-corrected chi connectivity index (χ0v) is 11.1. The highest BCUT2D eigenvalue weighted by Crippen LogP contribution is 2.55. The Hall–Kier alpha value is -1.12. The smallest absolute Gasteiger partial charge is 0.334 e. The van der Waals surface area contributed by atoms with Gasteiger partial charge in [-0.05, 0) is 31.1 Å². The fourth-order valence-electron chi connectivity index (χ4n) is 4.40. The molecule has 0 amide bonds. The third-order valence-corrected chi connectivity index (χ3v) is 5.49. The highest BCUT2D eigenvalue weighted by Gasteiger charge is 2.55. The largest absolute Gasteiger partial charge is 0.458 e. The number of ketones is 1. The molecular weight excluding hydrogens is 228 g/mol. The Labute approximate surface area is 108 Å². The lowest BCUT2D eigenvalue weighted by molar-refractivity contribution is -0.139. The average Bonchev–Trinajstić information content (AvgIpc) is 2.69. The van der Waals surface area contributed by atoms with Crippen LogP contribution >= 0.6 is 0 Å². The predicted octanol–water partition coefficient (Wildman–Crippen LogP) is 2.50. The van der Waals surface area contributed by atoms with Gasteiger partial charge in [0.25, 0.3) is 0 Å². The van der Waals surface area contributed by atoms with Crippen LogP contribution in [0.4, 0.5) is 0 Å². The molecule has 1 aliphatic heterocycles. The topological polar surface area (TPSA) is 43.4 Å². The van der Waals surface area contributed by atoms with Gasteiger partial charge in [0.15, 0.2) is 0 Å². The molecule has 3 fully saturated rings. The van der Waals surface area contributed by atoms with Crippen molar-refractivity contribution in [3.05, 3.63) is 12.2 Å². The molecule has 3 heteroatoms. The fraction of sp³-hybridized carbons (Fsp3) is 0.733. The van der Waals surface area contributed by atoms with Crippen LogP contribution in [0.5, 0.6) is 0 Å². The third kappa shape index (κ3) is 1.42. The van der Waals surface area contributed by atoms with Crippen LogP contribution in [0.25, 0.3) is 0 Å². The van der Waals surface area contributed by atoms with E-state index >= 15 is 0 Å². The number of ether oxygens (including phenoxy) is 1. The molecule has 0 bridgehead atoms. The van der Waals surface area contributed by atoms with Crippen LogP contribution < -0.4 is 0 Å². The molecule has 3 nitrogen and oxygen atoms in total. The molecule has 3 rings (SSSR count). The van der Waals surface area contributed by atoms with Gasteiger partial charge in [-0.1, -0.05) is 20.4 Å². The van der Waals surface area contributed by atoms with Crippen LogP contribution in [0.15, 0.2) is 12.2 Å². The maximum absolute atomic E-state index is 12.2. The van der Waals surface area contributed by atoms with E-state index in [0.717, 1.165) is 19.3 Å². The van der Waals surface area contributed by atoms with Gasteiger partial charge in [-0.3, -0.25) is 4.79 Å². The molecule has 1 saturated heterocycles. The molecule has 18 heavy (non-hydrogen) atoms. The van der Waals surface area contributed by atoms with Crippen LogP contribution in [0.2, 0.25) is 0 Å². The summed E-state index contributed by atoms with van der Waals surface area (Å²) in [4.78, 5) is 23.9. The van der Waals surface area contributed by atoms with Gasteiger partial charge < -0.3 is 4.74 Å². The van der Waals surface area contributed by atoms with Crippen LogP contribution in [-0.2, 0) is 14.3 Å². The van der Waals surface area contributed by atoms with Crippen molar-refractivity contribution in [3.8, 4) is 0 Å². The molecular formula is C15H20O3. The zero-order chi connectivity index (χ0) is 13.1. The van der Waals surface area contributed by atoms with E-state index in [1.165, 1.54) is 0 Å². The van der Waals surface area contributed by atoms with Crippen molar-refractivity contribution in [2.24, 2.45) is 23.2 Å². The molecule has 0 aromatic rings. The number of Topliss-reactive ketones (excluding diaryl/α,β-unsaturated/α-hetero) is 1. The summed E-state index contributed by atoms with van der Waals surface area (Å²) in [7, 11) is 0. The monoisotopic (exact) mass is 248 g/mol. The standard InChI is InChI=1S/C15H20O3/c1-8-6-12-10(9(2)14(17)18-12)7-15(3)11(8)4-5-13(15)16/h8,10-12H,2,4-7H2,1,3H3/t8-,10+,11-,12+,15-/m0/s1. The molecule has 0 spiro atoms. The van der Waals surface area contributed by atoms with Gasteiger partial charge in [0.1, 0.15) is 11.9 Å². The van der Waals surface area contributed by atoms with Crippen LogP contribution in [0, 0.1) is 23.2 Å². The van der Waals surface area contributed by atoms with E-state index in [-0.39, 0.29) is 23.4 Å². The van der Waals surface area contributed by atoms with Crippen molar-refractivity contribution in [1.29, 1.82) is 0 Å². The van der Waals surface area contributed by atoms with Crippen molar-refractivity contribution >= 4 is 11.8 Å². The lowest BCUT2D eigenvalue weighted by atomic mass is 9.70. The summed E-state index contributed by atoms with van der Waals surface area (Å²) < 4.78 is 5.42. The van der Waals surface area contributed by atoms with Crippen LogP contribution in [-0.4, -0.2) is 17.9 Å². The number of carbonyl (C=O) groups excluding carboxylic acids is 2. The van der Waals surface area contributed by atoms with Crippen molar-refractivity contribution in [3.63, 3.8) is 0 Å². The molecule has 0 unspecified atom stereocenters. The van der Waals surface area contributed by atoms with E-state index < -0.39 is 0 Å². The number of fused-ring (bicyclic) bond motifs is 2.